The molecule has 0 amide bonds. The molecule has 0 saturated heterocycles. The third kappa shape index (κ3) is 3.84. The molecule has 0 saturated carbocycles. The monoisotopic (exact) mass is 367 g/mol. The molecule has 0 aromatic heterocycles. The van der Waals surface area contributed by atoms with E-state index in [9.17, 15) is 19.8 Å². The van der Waals surface area contributed by atoms with Crippen LogP contribution < -0.4 is 5.32 Å². The Morgan fingerprint density at radius 3 is 1.92 bits per heavy atom. The first-order valence-electron chi connectivity index (χ1n) is 7.34. The lowest BCUT2D eigenvalue weighted by molar-refractivity contribution is -0.133. The molecule has 1 aromatic carbocycles. The van der Waals surface area contributed by atoms with Gasteiger partial charge in [0.1, 0.15) is 0 Å². The summed E-state index contributed by atoms with van der Waals surface area (Å²) in [5, 5.41) is 22.6. The summed E-state index contributed by atoms with van der Waals surface area (Å²) < 4.78 is 10.1. The van der Waals surface area contributed by atoms with Crippen molar-refractivity contribution in [3.63, 3.8) is 0 Å². The first-order chi connectivity index (χ1) is 11.9. The predicted molar refractivity (Wildman–Crippen MR) is 90.4 cm³/mol. The fourth-order valence-electron chi connectivity index (χ4n) is 2.85. The van der Waals surface area contributed by atoms with E-state index in [0.29, 0.717) is 5.56 Å². The van der Waals surface area contributed by atoms with Crippen LogP contribution in [0.5, 0.6) is 0 Å². The Bertz CT molecular complexity index is 715. The van der Waals surface area contributed by atoms with Crippen LogP contribution in [0.2, 0.25) is 5.02 Å². The molecule has 0 unspecified atom stereocenters. The van der Waals surface area contributed by atoms with E-state index in [4.69, 9.17) is 21.1 Å². The zero-order valence-corrected chi connectivity index (χ0v) is 14.5. The molecule has 3 N–H and O–H groups in total. The molecule has 1 aliphatic heterocycles. The topological polar surface area (TPSA) is 105 Å². The molecular weight excluding hydrogens is 350 g/mol. The van der Waals surface area contributed by atoms with Crippen LogP contribution in [0.25, 0.3) is 0 Å². The first kappa shape index (κ1) is 19.0. The lowest BCUT2D eigenvalue weighted by atomic mass is 9.80. The maximum absolute atomic E-state index is 11.9. The number of carboxylic acids is 2. The second-order valence-corrected chi connectivity index (χ2v) is 5.75. The van der Waals surface area contributed by atoms with Crippen LogP contribution in [0.4, 0.5) is 0 Å². The SMILES string of the molecule is COCC1=C(C(=O)O)C(c2ccccc2Cl)C(C(=O)O)=C(COC)N1. The minimum Gasteiger partial charge on any atom is -0.478 e. The van der Waals surface area contributed by atoms with Crippen LogP contribution in [0.1, 0.15) is 11.5 Å². The van der Waals surface area contributed by atoms with Crippen LogP contribution in [-0.2, 0) is 19.1 Å². The summed E-state index contributed by atoms with van der Waals surface area (Å²) >= 11 is 6.23. The minimum absolute atomic E-state index is 0.0251. The predicted octanol–water partition coefficient (Wildman–Crippen LogP) is 2.00. The van der Waals surface area contributed by atoms with Gasteiger partial charge in [-0.3, -0.25) is 0 Å². The number of benzene rings is 1. The van der Waals surface area contributed by atoms with Crippen molar-refractivity contribution in [2.45, 2.75) is 5.92 Å². The van der Waals surface area contributed by atoms with Crippen molar-refractivity contribution in [1.29, 1.82) is 0 Å². The summed E-state index contributed by atoms with van der Waals surface area (Å²) in [4.78, 5) is 23.8. The number of hydrogen-bond acceptors (Lipinski definition) is 5. The van der Waals surface area contributed by atoms with Gasteiger partial charge in [-0.2, -0.15) is 0 Å². The molecule has 25 heavy (non-hydrogen) atoms. The second-order valence-electron chi connectivity index (χ2n) is 5.34. The fraction of sp³-hybridized carbons (Fsp3) is 0.294. The second kappa shape index (κ2) is 8.15. The van der Waals surface area contributed by atoms with Crippen LogP contribution in [0.15, 0.2) is 46.8 Å². The van der Waals surface area contributed by atoms with Crippen molar-refractivity contribution in [3.8, 4) is 0 Å². The molecule has 1 heterocycles. The highest BCUT2D eigenvalue weighted by Gasteiger charge is 2.39. The van der Waals surface area contributed by atoms with Crippen LogP contribution in [-0.4, -0.2) is 49.6 Å². The number of halogens is 1. The smallest absolute Gasteiger partial charge is 0.334 e. The van der Waals surface area contributed by atoms with E-state index < -0.39 is 17.9 Å². The fourth-order valence-corrected chi connectivity index (χ4v) is 3.10. The molecule has 0 atom stereocenters. The van der Waals surface area contributed by atoms with Gasteiger partial charge in [0.25, 0.3) is 0 Å². The lowest BCUT2D eigenvalue weighted by Gasteiger charge is -2.31. The molecule has 0 radical (unpaired) electrons. The Morgan fingerprint density at radius 1 is 1.04 bits per heavy atom. The normalized spacial score (nSPS) is 15.3. The lowest BCUT2D eigenvalue weighted by Crippen LogP contribution is -2.35. The van der Waals surface area contributed by atoms with E-state index in [1.54, 1.807) is 24.3 Å². The molecule has 2 rings (SSSR count). The zero-order valence-electron chi connectivity index (χ0n) is 13.7. The van der Waals surface area contributed by atoms with Gasteiger partial charge in [0, 0.05) is 19.2 Å². The number of hydrogen-bond donors (Lipinski definition) is 3. The summed E-state index contributed by atoms with van der Waals surface area (Å²) in [5.74, 6) is -3.56. The first-order valence-corrected chi connectivity index (χ1v) is 7.72. The van der Waals surface area contributed by atoms with Gasteiger partial charge < -0.3 is 25.0 Å². The van der Waals surface area contributed by atoms with Crippen LogP contribution in [0, 0.1) is 0 Å². The van der Waals surface area contributed by atoms with Gasteiger partial charge in [-0.05, 0) is 11.6 Å². The van der Waals surface area contributed by atoms with Gasteiger partial charge in [-0.1, -0.05) is 29.8 Å². The number of methoxy groups -OCH3 is 2. The van der Waals surface area contributed by atoms with Crippen molar-refractivity contribution in [2.75, 3.05) is 27.4 Å². The van der Waals surface area contributed by atoms with Gasteiger partial charge >= 0.3 is 11.9 Å². The number of carboxylic acid groups (broad SMARTS) is 2. The molecule has 8 heteroatoms. The van der Waals surface area contributed by atoms with E-state index in [2.05, 4.69) is 5.32 Å². The van der Waals surface area contributed by atoms with Gasteiger partial charge in [0.05, 0.1) is 41.7 Å². The van der Waals surface area contributed by atoms with Gasteiger partial charge in [-0.15, -0.1) is 0 Å². The number of carbonyl (C=O) groups is 2. The highest BCUT2D eigenvalue weighted by atomic mass is 35.5. The Balaban J connectivity index is 2.77. The third-order valence-corrected chi connectivity index (χ3v) is 4.13. The van der Waals surface area contributed by atoms with Gasteiger partial charge in [-0.25, -0.2) is 9.59 Å². The maximum Gasteiger partial charge on any atom is 0.334 e. The number of nitrogens with one attached hydrogen (secondary N) is 1. The largest absolute Gasteiger partial charge is 0.478 e. The van der Waals surface area contributed by atoms with E-state index in [-0.39, 0.29) is 40.8 Å². The van der Waals surface area contributed by atoms with Gasteiger partial charge in [0.2, 0.25) is 0 Å². The number of dihydropyridines is 1. The maximum atomic E-state index is 11.9. The van der Waals surface area contributed by atoms with E-state index in [0.717, 1.165) is 0 Å². The van der Waals surface area contributed by atoms with Crippen molar-refractivity contribution < 1.29 is 29.3 Å². The van der Waals surface area contributed by atoms with E-state index >= 15 is 0 Å². The van der Waals surface area contributed by atoms with Crippen LogP contribution in [0.3, 0.4) is 0 Å². The summed E-state index contributed by atoms with van der Waals surface area (Å²) in [5.41, 5.74) is 0.677. The highest BCUT2D eigenvalue weighted by Crippen LogP contribution is 2.41. The Labute approximate surface area is 149 Å². The summed E-state index contributed by atoms with van der Waals surface area (Å²) in [6.07, 6.45) is 0. The molecule has 134 valence electrons. The Kier molecular flexibility index (Phi) is 6.19. The average Bonchev–Trinajstić information content (AvgIpc) is 2.54. The van der Waals surface area contributed by atoms with Crippen molar-refractivity contribution in [2.24, 2.45) is 0 Å². The molecular formula is C17H18ClNO6. The van der Waals surface area contributed by atoms with E-state index in [1.807, 2.05) is 0 Å². The average molecular weight is 368 g/mol. The molecule has 0 aliphatic carbocycles. The Hall–Kier alpha value is -2.35. The third-order valence-electron chi connectivity index (χ3n) is 3.78. The highest BCUT2D eigenvalue weighted by molar-refractivity contribution is 6.31. The summed E-state index contributed by atoms with van der Waals surface area (Å²) in [6, 6.07) is 6.56. The summed E-state index contributed by atoms with van der Waals surface area (Å²) in [7, 11) is 2.84. The molecule has 0 fully saturated rings. The zero-order chi connectivity index (χ0) is 18.6. The molecule has 1 aromatic rings. The summed E-state index contributed by atoms with van der Waals surface area (Å²) in [6.45, 7) is -0.0502. The van der Waals surface area contributed by atoms with Crippen LogP contribution >= 0.6 is 11.6 Å². The Morgan fingerprint density at radius 2 is 1.52 bits per heavy atom. The quantitative estimate of drug-likeness (QED) is 0.676. The number of ether oxygens (including phenoxy) is 2. The molecule has 0 bridgehead atoms. The number of rotatable bonds is 7. The standard InChI is InChI=1S/C17H18ClNO6/c1-24-7-11-14(16(20)21)13(9-5-3-4-6-10(9)18)15(17(22)23)12(19-11)8-25-2/h3-6,13,19H,7-8H2,1-2H3,(H,20,21)(H,22,23). The molecule has 0 spiro atoms. The van der Waals surface area contributed by atoms with Gasteiger partial charge in [0.15, 0.2) is 0 Å². The van der Waals surface area contributed by atoms with E-state index in [1.165, 1.54) is 14.2 Å². The minimum atomic E-state index is -1.25. The van der Waals surface area contributed by atoms with Crippen molar-refractivity contribution in [3.05, 3.63) is 57.4 Å². The molecule has 7 nitrogen and oxygen atoms in total. The molecule has 1 aliphatic rings. The van der Waals surface area contributed by atoms with Crippen molar-refractivity contribution in [1.82, 2.24) is 5.32 Å². The van der Waals surface area contributed by atoms with Crippen molar-refractivity contribution >= 4 is 23.5 Å². The number of aliphatic carboxylic acids is 2.